The van der Waals surface area contributed by atoms with E-state index in [4.69, 9.17) is 4.99 Å². The standard InChI is InChI=1S/C22H26N2OS/c1-14-10-11-16(3)19(12-14)23-21-24(22(5,6)13-26-21)20(25)18-9-7-8-15(2)17(18)4/h7-12H,13H2,1-6H3. The largest absolute Gasteiger partial charge is 0.281 e. The minimum atomic E-state index is -0.269. The molecule has 1 saturated heterocycles. The zero-order valence-corrected chi connectivity index (χ0v) is 17.2. The average Bonchev–Trinajstić information content (AvgIpc) is 2.87. The van der Waals surface area contributed by atoms with Crippen LogP contribution in [0.3, 0.4) is 0 Å². The lowest BCUT2D eigenvalue weighted by Crippen LogP contribution is -2.46. The van der Waals surface area contributed by atoms with E-state index in [1.165, 1.54) is 5.56 Å². The molecule has 26 heavy (non-hydrogen) atoms. The third-order valence-electron chi connectivity index (χ3n) is 4.97. The fourth-order valence-corrected chi connectivity index (χ4v) is 4.35. The summed E-state index contributed by atoms with van der Waals surface area (Å²) in [5.74, 6) is 0.873. The highest BCUT2D eigenvalue weighted by atomic mass is 32.2. The number of amidine groups is 1. The van der Waals surface area contributed by atoms with Crippen molar-refractivity contribution in [2.75, 3.05) is 5.75 Å². The number of amides is 1. The fraction of sp³-hybridized carbons (Fsp3) is 0.364. The van der Waals surface area contributed by atoms with E-state index in [0.717, 1.165) is 38.9 Å². The third-order valence-corrected chi connectivity index (χ3v) is 6.35. The molecule has 1 aliphatic rings. The Bertz CT molecular complexity index is 899. The highest BCUT2D eigenvalue weighted by molar-refractivity contribution is 8.14. The molecule has 0 spiro atoms. The van der Waals surface area contributed by atoms with E-state index in [0.29, 0.717) is 0 Å². The van der Waals surface area contributed by atoms with E-state index in [1.54, 1.807) is 11.8 Å². The van der Waals surface area contributed by atoms with Gasteiger partial charge in [0.2, 0.25) is 0 Å². The first-order valence-corrected chi connectivity index (χ1v) is 9.89. The van der Waals surface area contributed by atoms with E-state index in [1.807, 2.05) is 36.9 Å². The first kappa shape index (κ1) is 18.7. The Morgan fingerprint density at radius 2 is 1.81 bits per heavy atom. The summed E-state index contributed by atoms with van der Waals surface area (Å²) >= 11 is 1.65. The molecular formula is C22H26N2OS. The lowest BCUT2D eigenvalue weighted by atomic mass is 9.99. The minimum Gasteiger partial charge on any atom is -0.281 e. The highest BCUT2D eigenvalue weighted by Gasteiger charge is 2.42. The number of aliphatic imine (C=N–C) groups is 1. The van der Waals surface area contributed by atoms with Crippen LogP contribution in [0.4, 0.5) is 5.69 Å². The molecule has 0 N–H and O–H groups in total. The lowest BCUT2D eigenvalue weighted by Gasteiger charge is -2.31. The van der Waals surface area contributed by atoms with Gasteiger partial charge in [-0.25, -0.2) is 4.99 Å². The van der Waals surface area contributed by atoms with Gasteiger partial charge in [-0.1, -0.05) is 36.0 Å². The monoisotopic (exact) mass is 366 g/mol. The van der Waals surface area contributed by atoms with E-state index in [2.05, 4.69) is 45.9 Å². The molecule has 1 aliphatic heterocycles. The van der Waals surface area contributed by atoms with Crippen molar-refractivity contribution >= 4 is 28.5 Å². The Morgan fingerprint density at radius 3 is 2.54 bits per heavy atom. The van der Waals surface area contributed by atoms with Gasteiger partial charge in [0.25, 0.3) is 5.91 Å². The molecule has 0 bridgehead atoms. The molecule has 0 unspecified atom stereocenters. The minimum absolute atomic E-state index is 0.0326. The first-order chi connectivity index (χ1) is 12.2. The molecule has 0 atom stereocenters. The number of carbonyl (C=O) groups is 1. The van der Waals surface area contributed by atoms with Crippen LogP contribution >= 0.6 is 11.8 Å². The van der Waals surface area contributed by atoms with Crippen molar-refractivity contribution in [1.29, 1.82) is 0 Å². The maximum Gasteiger partial charge on any atom is 0.260 e. The van der Waals surface area contributed by atoms with Crippen LogP contribution in [0.2, 0.25) is 0 Å². The molecule has 4 heteroatoms. The molecule has 0 saturated carbocycles. The van der Waals surface area contributed by atoms with Crippen LogP contribution in [-0.4, -0.2) is 27.3 Å². The number of hydrogen-bond acceptors (Lipinski definition) is 3. The summed E-state index contributed by atoms with van der Waals surface area (Å²) in [6, 6.07) is 12.2. The van der Waals surface area contributed by atoms with Gasteiger partial charge >= 0.3 is 0 Å². The van der Waals surface area contributed by atoms with Gasteiger partial charge in [0.15, 0.2) is 5.17 Å². The predicted molar refractivity (Wildman–Crippen MR) is 112 cm³/mol. The summed E-state index contributed by atoms with van der Waals surface area (Å²) in [7, 11) is 0. The molecule has 0 radical (unpaired) electrons. The Morgan fingerprint density at radius 1 is 1.08 bits per heavy atom. The van der Waals surface area contributed by atoms with Crippen molar-refractivity contribution in [3.05, 3.63) is 64.2 Å². The van der Waals surface area contributed by atoms with Gasteiger partial charge in [-0.05, 0) is 75.9 Å². The average molecular weight is 367 g/mol. The summed E-state index contributed by atoms with van der Waals surface area (Å²) in [5.41, 5.74) is 5.88. The van der Waals surface area contributed by atoms with Crippen LogP contribution < -0.4 is 0 Å². The van der Waals surface area contributed by atoms with Gasteiger partial charge in [0, 0.05) is 11.3 Å². The molecule has 1 amide bonds. The maximum atomic E-state index is 13.4. The second-order valence-electron chi connectivity index (χ2n) is 7.67. The molecule has 1 heterocycles. The number of nitrogens with zero attached hydrogens (tertiary/aromatic N) is 2. The molecule has 3 rings (SSSR count). The van der Waals surface area contributed by atoms with E-state index in [-0.39, 0.29) is 11.4 Å². The van der Waals surface area contributed by atoms with Gasteiger partial charge in [-0.3, -0.25) is 9.69 Å². The molecule has 3 nitrogen and oxygen atoms in total. The van der Waals surface area contributed by atoms with Crippen LogP contribution in [0.15, 0.2) is 41.4 Å². The summed E-state index contributed by atoms with van der Waals surface area (Å²) < 4.78 is 0. The van der Waals surface area contributed by atoms with Crippen LogP contribution in [0.25, 0.3) is 0 Å². The van der Waals surface area contributed by atoms with Gasteiger partial charge in [-0.2, -0.15) is 0 Å². The van der Waals surface area contributed by atoms with Gasteiger partial charge < -0.3 is 0 Å². The highest BCUT2D eigenvalue weighted by Crippen LogP contribution is 2.36. The van der Waals surface area contributed by atoms with Crippen LogP contribution in [0.5, 0.6) is 0 Å². The molecular weight excluding hydrogens is 340 g/mol. The van der Waals surface area contributed by atoms with Crippen molar-refractivity contribution in [2.45, 2.75) is 47.1 Å². The van der Waals surface area contributed by atoms with Crippen LogP contribution in [-0.2, 0) is 0 Å². The fourth-order valence-electron chi connectivity index (χ4n) is 3.12. The van der Waals surface area contributed by atoms with Crippen LogP contribution in [0, 0.1) is 27.7 Å². The molecule has 1 fully saturated rings. The van der Waals surface area contributed by atoms with E-state index >= 15 is 0 Å². The SMILES string of the molecule is Cc1ccc(C)c(N=C2SCC(C)(C)N2C(=O)c2cccc(C)c2C)c1. The molecule has 2 aromatic carbocycles. The maximum absolute atomic E-state index is 13.4. The number of rotatable bonds is 2. The molecule has 136 valence electrons. The first-order valence-electron chi connectivity index (χ1n) is 8.90. The van der Waals surface area contributed by atoms with Crippen molar-refractivity contribution in [1.82, 2.24) is 4.90 Å². The van der Waals surface area contributed by atoms with Crippen molar-refractivity contribution in [3.63, 3.8) is 0 Å². The Labute approximate surface area is 160 Å². The number of carbonyl (C=O) groups excluding carboxylic acids is 1. The molecule has 2 aromatic rings. The predicted octanol–water partition coefficient (Wildman–Crippen LogP) is 5.58. The lowest BCUT2D eigenvalue weighted by molar-refractivity contribution is 0.0766. The topological polar surface area (TPSA) is 32.7 Å². The Hall–Kier alpha value is -2.07. The van der Waals surface area contributed by atoms with Gasteiger partial charge in [-0.15, -0.1) is 0 Å². The number of benzene rings is 2. The smallest absolute Gasteiger partial charge is 0.260 e. The van der Waals surface area contributed by atoms with E-state index < -0.39 is 0 Å². The molecule has 0 aliphatic carbocycles. The normalized spacial score (nSPS) is 17.8. The van der Waals surface area contributed by atoms with Gasteiger partial charge in [0.05, 0.1) is 11.2 Å². The summed E-state index contributed by atoms with van der Waals surface area (Å²) in [5, 5.41) is 0.787. The quantitative estimate of drug-likeness (QED) is 0.695. The third kappa shape index (κ3) is 3.43. The number of thioether (sulfide) groups is 1. The second kappa shape index (κ2) is 6.92. The zero-order chi connectivity index (χ0) is 19.1. The number of hydrogen-bond donors (Lipinski definition) is 0. The summed E-state index contributed by atoms with van der Waals surface area (Å²) in [6.07, 6.45) is 0. The van der Waals surface area contributed by atoms with E-state index in [9.17, 15) is 4.79 Å². The Balaban J connectivity index is 2.07. The number of aryl methyl sites for hydroxylation is 3. The Kier molecular flexibility index (Phi) is 4.98. The van der Waals surface area contributed by atoms with Crippen molar-refractivity contribution in [2.24, 2.45) is 4.99 Å². The van der Waals surface area contributed by atoms with Crippen molar-refractivity contribution < 1.29 is 4.79 Å². The summed E-state index contributed by atoms with van der Waals surface area (Å²) in [4.78, 5) is 20.2. The molecule has 0 aromatic heterocycles. The summed E-state index contributed by atoms with van der Waals surface area (Å²) in [6.45, 7) is 12.4. The van der Waals surface area contributed by atoms with Crippen molar-refractivity contribution in [3.8, 4) is 0 Å². The van der Waals surface area contributed by atoms with Crippen LogP contribution in [0.1, 0.15) is 46.5 Å². The zero-order valence-electron chi connectivity index (χ0n) is 16.4. The van der Waals surface area contributed by atoms with Gasteiger partial charge in [0.1, 0.15) is 0 Å². The second-order valence-corrected chi connectivity index (χ2v) is 8.62.